The predicted molar refractivity (Wildman–Crippen MR) is 42.4 cm³/mol. The number of allylic oxidation sites excluding steroid dienone is 8. The minimum absolute atomic E-state index is 0.996. The molecule has 0 aliphatic heterocycles. The van der Waals surface area contributed by atoms with Gasteiger partial charge in [-0.05, 0) is 30.1 Å². The lowest BCUT2D eigenvalue weighted by Crippen LogP contribution is -1.94. The molecule has 1 radical (unpaired) electrons. The first-order valence-corrected chi connectivity index (χ1v) is 3.58. The zero-order chi connectivity index (χ0) is 6.81. The largest absolute Gasteiger partial charge is 0.0801 e. The highest BCUT2D eigenvalue weighted by Gasteiger charge is 2.06. The highest BCUT2D eigenvalue weighted by Crippen LogP contribution is 2.24. The van der Waals surface area contributed by atoms with Crippen LogP contribution in [0.2, 0.25) is 0 Å². The molecule has 0 saturated carbocycles. The van der Waals surface area contributed by atoms with E-state index in [9.17, 15) is 0 Å². The molecule has 0 saturated heterocycles. The molecule has 0 bridgehead atoms. The second kappa shape index (κ2) is 2.30. The minimum Gasteiger partial charge on any atom is -0.0801 e. The van der Waals surface area contributed by atoms with Crippen molar-refractivity contribution < 1.29 is 0 Å². The van der Waals surface area contributed by atoms with Crippen LogP contribution in [0.15, 0.2) is 41.5 Å². The van der Waals surface area contributed by atoms with E-state index in [4.69, 9.17) is 0 Å². The lowest BCUT2D eigenvalue weighted by atomic mass is 9.92. The van der Waals surface area contributed by atoms with Gasteiger partial charge in [0.2, 0.25) is 0 Å². The molecule has 0 unspecified atom stereocenters. The van der Waals surface area contributed by atoms with E-state index in [1.807, 2.05) is 6.08 Å². The van der Waals surface area contributed by atoms with E-state index < -0.39 is 0 Å². The first-order chi connectivity index (χ1) is 4.97. The summed E-state index contributed by atoms with van der Waals surface area (Å²) in [5, 5.41) is 0. The normalized spacial score (nSPS) is 21.6. The number of hydrogen-bond acceptors (Lipinski definition) is 0. The van der Waals surface area contributed by atoms with Gasteiger partial charge in [-0.3, -0.25) is 0 Å². The Morgan fingerprint density at radius 2 is 2.20 bits per heavy atom. The molecule has 0 aromatic heterocycles. The molecule has 0 heteroatoms. The molecule has 2 rings (SSSR count). The second-order valence-corrected chi connectivity index (χ2v) is 2.56. The van der Waals surface area contributed by atoms with Gasteiger partial charge in [-0.1, -0.05) is 30.4 Å². The number of fused-ring (bicyclic) bond motifs is 1. The van der Waals surface area contributed by atoms with Crippen molar-refractivity contribution in [3.8, 4) is 0 Å². The fourth-order valence-electron chi connectivity index (χ4n) is 1.29. The van der Waals surface area contributed by atoms with Gasteiger partial charge in [0, 0.05) is 0 Å². The zero-order valence-electron chi connectivity index (χ0n) is 5.80. The average Bonchev–Trinajstić information content (AvgIpc) is 2.05. The Morgan fingerprint density at radius 1 is 1.20 bits per heavy atom. The zero-order valence-corrected chi connectivity index (χ0v) is 5.80. The van der Waals surface area contributed by atoms with Crippen molar-refractivity contribution >= 4 is 0 Å². The Hall–Kier alpha value is -1.04. The van der Waals surface area contributed by atoms with Gasteiger partial charge in [0.25, 0.3) is 0 Å². The fourth-order valence-corrected chi connectivity index (χ4v) is 1.29. The van der Waals surface area contributed by atoms with Crippen LogP contribution in [0.4, 0.5) is 0 Å². The molecule has 2 aliphatic rings. The maximum absolute atomic E-state index is 3.18. The van der Waals surface area contributed by atoms with Gasteiger partial charge >= 0.3 is 0 Å². The van der Waals surface area contributed by atoms with Crippen LogP contribution < -0.4 is 0 Å². The molecule has 10 heavy (non-hydrogen) atoms. The van der Waals surface area contributed by atoms with Crippen LogP contribution in [0.1, 0.15) is 12.8 Å². The summed E-state index contributed by atoms with van der Waals surface area (Å²) in [6.07, 6.45) is 15.9. The van der Waals surface area contributed by atoms with E-state index in [0.717, 1.165) is 12.8 Å². The van der Waals surface area contributed by atoms with Crippen molar-refractivity contribution in [3.63, 3.8) is 0 Å². The van der Waals surface area contributed by atoms with Crippen molar-refractivity contribution in [2.75, 3.05) is 0 Å². The molecule has 0 heterocycles. The molecule has 0 atom stereocenters. The molecule has 49 valence electrons. The standard InChI is InChI=1S/C10H9/c1-2-6-10-8-4-3-7-9(10)5-1/h1-3,6-7H,5,8H2. The minimum atomic E-state index is 0.996. The molecule has 0 aromatic carbocycles. The highest BCUT2D eigenvalue weighted by atomic mass is 14.1. The quantitative estimate of drug-likeness (QED) is 0.471. The SMILES string of the molecule is [C]1=CC=C2CC=CC=C2C1. The Morgan fingerprint density at radius 3 is 3.10 bits per heavy atom. The average molecular weight is 129 g/mol. The van der Waals surface area contributed by atoms with Gasteiger partial charge in [0.15, 0.2) is 0 Å². The summed E-state index contributed by atoms with van der Waals surface area (Å²) >= 11 is 0. The summed E-state index contributed by atoms with van der Waals surface area (Å²) in [7, 11) is 0. The molecule has 0 amide bonds. The van der Waals surface area contributed by atoms with Crippen molar-refractivity contribution in [2.45, 2.75) is 12.8 Å². The van der Waals surface area contributed by atoms with Gasteiger partial charge < -0.3 is 0 Å². The summed E-state index contributed by atoms with van der Waals surface area (Å²) in [6, 6.07) is 0. The smallest absolute Gasteiger partial charge is 0.00201 e. The first kappa shape index (κ1) is 5.72. The van der Waals surface area contributed by atoms with E-state index in [1.54, 1.807) is 0 Å². The van der Waals surface area contributed by atoms with Crippen LogP contribution in [-0.2, 0) is 0 Å². The molecule has 2 aliphatic carbocycles. The molecular weight excluding hydrogens is 120 g/mol. The third kappa shape index (κ3) is 0.860. The van der Waals surface area contributed by atoms with Crippen LogP contribution in [0.5, 0.6) is 0 Å². The molecule has 0 spiro atoms. The van der Waals surface area contributed by atoms with Crippen LogP contribution in [-0.4, -0.2) is 0 Å². The number of rotatable bonds is 0. The molecule has 0 aromatic rings. The van der Waals surface area contributed by atoms with Crippen molar-refractivity contribution in [3.05, 3.63) is 47.6 Å². The van der Waals surface area contributed by atoms with Gasteiger partial charge in [-0.2, -0.15) is 0 Å². The van der Waals surface area contributed by atoms with Gasteiger partial charge in [0.05, 0.1) is 0 Å². The summed E-state index contributed by atoms with van der Waals surface area (Å²) in [5.74, 6) is 0. The van der Waals surface area contributed by atoms with Crippen LogP contribution >= 0.6 is 0 Å². The molecular formula is C10H9. The molecule has 0 nitrogen and oxygen atoms in total. The lowest BCUT2D eigenvalue weighted by Gasteiger charge is -2.13. The van der Waals surface area contributed by atoms with E-state index in [-0.39, 0.29) is 0 Å². The fraction of sp³-hybridized carbons (Fsp3) is 0.200. The Kier molecular flexibility index (Phi) is 1.31. The van der Waals surface area contributed by atoms with Gasteiger partial charge in [0.1, 0.15) is 0 Å². The summed E-state index contributed by atoms with van der Waals surface area (Å²) in [6.45, 7) is 0. The van der Waals surface area contributed by atoms with E-state index in [2.05, 4.69) is 30.4 Å². The van der Waals surface area contributed by atoms with Crippen molar-refractivity contribution in [1.29, 1.82) is 0 Å². The third-order valence-electron chi connectivity index (χ3n) is 1.88. The molecule has 0 fully saturated rings. The Balaban J connectivity index is 2.38. The van der Waals surface area contributed by atoms with E-state index in [1.165, 1.54) is 11.1 Å². The third-order valence-corrected chi connectivity index (χ3v) is 1.88. The highest BCUT2D eigenvalue weighted by molar-refractivity contribution is 5.43. The van der Waals surface area contributed by atoms with Gasteiger partial charge in [-0.25, -0.2) is 0 Å². The van der Waals surface area contributed by atoms with Crippen LogP contribution in [0.25, 0.3) is 0 Å². The van der Waals surface area contributed by atoms with Crippen molar-refractivity contribution in [2.24, 2.45) is 0 Å². The Bertz CT molecular complexity index is 221. The number of hydrogen-bond donors (Lipinski definition) is 0. The lowest BCUT2D eigenvalue weighted by molar-refractivity contribution is 1.08. The van der Waals surface area contributed by atoms with Crippen LogP contribution in [0, 0.1) is 6.08 Å². The summed E-state index contributed by atoms with van der Waals surface area (Å²) in [4.78, 5) is 0. The van der Waals surface area contributed by atoms with Crippen LogP contribution in [0.3, 0.4) is 0 Å². The van der Waals surface area contributed by atoms with E-state index >= 15 is 0 Å². The maximum Gasteiger partial charge on any atom is -0.00201 e. The Labute approximate surface area is 61.3 Å². The monoisotopic (exact) mass is 129 g/mol. The second-order valence-electron chi connectivity index (χ2n) is 2.56. The first-order valence-electron chi connectivity index (χ1n) is 3.58. The van der Waals surface area contributed by atoms with E-state index in [0.29, 0.717) is 0 Å². The van der Waals surface area contributed by atoms with Gasteiger partial charge in [-0.15, -0.1) is 0 Å². The van der Waals surface area contributed by atoms with Crippen molar-refractivity contribution in [1.82, 2.24) is 0 Å². The topological polar surface area (TPSA) is 0 Å². The summed E-state index contributed by atoms with van der Waals surface area (Å²) in [5.41, 5.74) is 2.89. The summed E-state index contributed by atoms with van der Waals surface area (Å²) < 4.78 is 0. The maximum atomic E-state index is 3.18. The predicted octanol–water partition coefficient (Wildman–Crippen LogP) is 2.56. The molecule has 0 N–H and O–H groups in total.